The summed E-state index contributed by atoms with van der Waals surface area (Å²) < 4.78 is 0. The molecule has 1 aromatic rings. The second kappa shape index (κ2) is 5.87. The van der Waals surface area contributed by atoms with E-state index in [4.69, 9.17) is 11.6 Å². The van der Waals surface area contributed by atoms with Gasteiger partial charge in [0.1, 0.15) is 5.82 Å². The molecule has 0 saturated heterocycles. The molecule has 0 aliphatic heterocycles. The van der Waals surface area contributed by atoms with Crippen LogP contribution in [0.3, 0.4) is 0 Å². The number of hydrogen-bond donors (Lipinski definition) is 1. The Morgan fingerprint density at radius 3 is 2.74 bits per heavy atom. The first-order chi connectivity index (χ1) is 9.02. The number of rotatable bonds is 4. The van der Waals surface area contributed by atoms with Gasteiger partial charge < -0.3 is 5.32 Å². The quantitative estimate of drug-likeness (QED) is 0.857. The fourth-order valence-electron chi connectivity index (χ4n) is 3.01. The number of aromatic nitrogens is 2. The summed E-state index contributed by atoms with van der Waals surface area (Å²) in [6.45, 7) is 4.32. The van der Waals surface area contributed by atoms with E-state index < -0.39 is 0 Å². The largest absolute Gasteiger partial charge is 0.310 e. The van der Waals surface area contributed by atoms with Crippen LogP contribution in [0.1, 0.15) is 46.0 Å². The molecular weight excluding hydrogens is 262 g/mol. The summed E-state index contributed by atoms with van der Waals surface area (Å²) in [5.74, 6) is 1.08. The van der Waals surface area contributed by atoms with Crippen molar-refractivity contribution >= 4 is 23.3 Å². The van der Waals surface area contributed by atoms with E-state index in [1.807, 2.05) is 0 Å². The van der Waals surface area contributed by atoms with Crippen LogP contribution in [0.5, 0.6) is 0 Å². The van der Waals surface area contributed by atoms with Gasteiger partial charge in [-0.15, -0.1) is 0 Å². The Hall–Kier alpha value is -1.16. The van der Waals surface area contributed by atoms with E-state index in [0.717, 1.165) is 32.1 Å². The van der Waals surface area contributed by atoms with Gasteiger partial charge in [0.05, 0.1) is 0 Å². The topological polar surface area (TPSA) is 54.9 Å². The lowest BCUT2D eigenvalue weighted by Gasteiger charge is -2.29. The Kier molecular flexibility index (Phi) is 4.40. The molecule has 1 aliphatic carbocycles. The molecule has 19 heavy (non-hydrogen) atoms. The van der Waals surface area contributed by atoms with E-state index in [1.54, 1.807) is 12.3 Å². The average molecular weight is 282 g/mol. The first-order valence-electron chi connectivity index (χ1n) is 6.82. The summed E-state index contributed by atoms with van der Waals surface area (Å²) >= 11 is 5.73. The third kappa shape index (κ3) is 3.44. The minimum absolute atomic E-state index is 0.0773. The maximum Gasteiger partial charge on any atom is 0.231 e. The standard InChI is InChI=1S/C14H20ClN3O/c1-10(2)9-14(6-3-4-7-14)12(19)17-11-5-8-16-13(15)18-11/h5,8,10H,3-4,6-7,9H2,1-2H3,(H,16,17,18,19). The van der Waals surface area contributed by atoms with Crippen LogP contribution in [0.15, 0.2) is 12.3 Å². The molecule has 4 nitrogen and oxygen atoms in total. The van der Waals surface area contributed by atoms with Crippen molar-refractivity contribution in [3.63, 3.8) is 0 Å². The third-order valence-electron chi connectivity index (χ3n) is 3.71. The SMILES string of the molecule is CC(C)CC1(C(=O)Nc2ccnc(Cl)n2)CCCC1. The van der Waals surface area contributed by atoms with Crippen molar-refractivity contribution in [2.75, 3.05) is 5.32 Å². The van der Waals surface area contributed by atoms with E-state index in [-0.39, 0.29) is 16.6 Å². The van der Waals surface area contributed by atoms with Crippen LogP contribution in [-0.2, 0) is 4.79 Å². The highest BCUT2D eigenvalue weighted by Crippen LogP contribution is 2.43. The van der Waals surface area contributed by atoms with Crippen LogP contribution < -0.4 is 5.32 Å². The molecule has 1 fully saturated rings. The molecular formula is C14H20ClN3O. The van der Waals surface area contributed by atoms with E-state index in [1.165, 1.54) is 0 Å². The molecule has 0 radical (unpaired) electrons. The highest BCUT2D eigenvalue weighted by atomic mass is 35.5. The maximum atomic E-state index is 12.6. The Balaban J connectivity index is 2.12. The van der Waals surface area contributed by atoms with Crippen LogP contribution in [0, 0.1) is 11.3 Å². The minimum atomic E-state index is -0.231. The molecule has 0 spiro atoms. The van der Waals surface area contributed by atoms with Gasteiger partial charge in [0, 0.05) is 11.6 Å². The van der Waals surface area contributed by atoms with Crippen LogP contribution in [0.25, 0.3) is 0 Å². The van der Waals surface area contributed by atoms with Crippen molar-refractivity contribution in [2.24, 2.45) is 11.3 Å². The highest BCUT2D eigenvalue weighted by Gasteiger charge is 2.41. The fraction of sp³-hybridized carbons (Fsp3) is 0.643. The van der Waals surface area contributed by atoms with Crippen molar-refractivity contribution in [3.8, 4) is 0 Å². The van der Waals surface area contributed by atoms with Gasteiger partial charge in [-0.25, -0.2) is 9.97 Å². The molecule has 1 aromatic heterocycles. The van der Waals surface area contributed by atoms with Crippen molar-refractivity contribution < 1.29 is 4.79 Å². The number of amides is 1. The van der Waals surface area contributed by atoms with Crippen molar-refractivity contribution in [2.45, 2.75) is 46.0 Å². The molecule has 1 aliphatic rings. The molecule has 1 amide bonds. The zero-order chi connectivity index (χ0) is 13.9. The van der Waals surface area contributed by atoms with Gasteiger partial charge in [-0.2, -0.15) is 0 Å². The molecule has 1 N–H and O–H groups in total. The fourth-order valence-corrected chi connectivity index (χ4v) is 3.16. The molecule has 1 saturated carbocycles. The smallest absolute Gasteiger partial charge is 0.231 e. The van der Waals surface area contributed by atoms with Crippen molar-refractivity contribution in [3.05, 3.63) is 17.5 Å². The summed E-state index contributed by atoms with van der Waals surface area (Å²) in [7, 11) is 0. The second-order valence-corrected chi connectivity index (χ2v) is 6.09. The number of halogens is 1. The molecule has 0 unspecified atom stereocenters. The summed E-state index contributed by atoms with van der Waals surface area (Å²) in [6, 6.07) is 1.67. The Morgan fingerprint density at radius 2 is 2.16 bits per heavy atom. The minimum Gasteiger partial charge on any atom is -0.310 e. The monoisotopic (exact) mass is 281 g/mol. The van der Waals surface area contributed by atoms with Gasteiger partial charge in [0.2, 0.25) is 11.2 Å². The second-order valence-electron chi connectivity index (χ2n) is 5.75. The molecule has 0 bridgehead atoms. The number of hydrogen-bond acceptors (Lipinski definition) is 3. The molecule has 5 heteroatoms. The average Bonchev–Trinajstić information content (AvgIpc) is 2.78. The Labute approximate surface area is 119 Å². The van der Waals surface area contributed by atoms with Crippen LogP contribution in [-0.4, -0.2) is 15.9 Å². The zero-order valence-electron chi connectivity index (χ0n) is 11.4. The van der Waals surface area contributed by atoms with E-state index in [9.17, 15) is 4.79 Å². The van der Waals surface area contributed by atoms with Gasteiger partial charge in [-0.1, -0.05) is 26.7 Å². The van der Waals surface area contributed by atoms with Crippen molar-refractivity contribution in [1.29, 1.82) is 0 Å². The maximum absolute atomic E-state index is 12.6. The van der Waals surface area contributed by atoms with E-state index >= 15 is 0 Å². The van der Waals surface area contributed by atoms with Crippen LogP contribution >= 0.6 is 11.6 Å². The predicted molar refractivity (Wildman–Crippen MR) is 76.0 cm³/mol. The number of carbonyl (C=O) groups is 1. The van der Waals surface area contributed by atoms with Gasteiger partial charge in [-0.05, 0) is 42.8 Å². The van der Waals surface area contributed by atoms with Crippen molar-refractivity contribution in [1.82, 2.24) is 9.97 Å². The lowest BCUT2D eigenvalue weighted by Crippen LogP contribution is -2.35. The lowest BCUT2D eigenvalue weighted by atomic mass is 9.77. The Bertz CT molecular complexity index is 456. The number of nitrogens with zero attached hydrogens (tertiary/aromatic N) is 2. The molecule has 0 atom stereocenters. The molecule has 1 heterocycles. The van der Waals surface area contributed by atoms with E-state index in [2.05, 4.69) is 29.1 Å². The van der Waals surface area contributed by atoms with Gasteiger partial charge in [0.15, 0.2) is 0 Å². The van der Waals surface area contributed by atoms with Gasteiger partial charge in [-0.3, -0.25) is 4.79 Å². The van der Waals surface area contributed by atoms with Crippen LogP contribution in [0.4, 0.5) is 5.82 Å². The first kappa shape index (κ1) is 14.3. The lowest BCUT2D eigenvalue weighted by molar-refractivity contribution is -0.126. The summed E-state index contributed by atoms with van der Waals surface area (Å²) in [5.41, 5.74) is -0.231. The summed E-state index contributed by atoms with van der Waals surface area (Å²) in [6.07, 6.45) is 6.67. The summed E-state index contributed by atoms with van der Waals surface area (Å²) in [5, 5.41) is 3.05. The van der Waals surface area contributed by atoms with Gasteiger partial charge >= 0.3 is 0 Å². The van der Waals surface area contributed by atoms with Gasteiger partial charge in [0.25, 0.3) is 0 Å². The number of nitrogens with one attached hydrogen (secondary N) is 1. The number of anilines is 1. The highest BCUT2D eigenvalue weighted by molar-refractivity contribution is 6.28. The Morgan fingerprint density at radius 1 is 1.47 bits per heavy atom. The predicted octanol–water partition coefficient (Wildman–Crippen LogP) is 3.68. The summed E-state index contributed by atoms with van der Waals surface area (Å²) in [4.78, 5) is 20.4. The first-order valence-corrected chi connectivity index (χ1v) is 7.20. The van der Waals surface area contributed by atoms with E-state index in [0.29, 0.717) is 11.7 Å². The molecule has 104 valence electrons. The van der Waals surface area contributed by atoms with Crippen LogP contribution in [0.2, 0.25) is 5.28 Å². The number of carbonyl (C=O) groups excluding carboxylic acids is 1. The zero-order valence-corrected chi connectivity index (χ0v) is 12.2. The molecule has 0 aromatic carbocycles. The molecule has 2 rings (SSSR count). The normalized spacial score (nSPS) is 17.7. The third-order valence-corrected chi connectivity index (χ3v) is 3.89.